The van der Waals surface area contributed by atoms with E-state index in [9.17, 15) is 14.9 Å². The Bertz CT molecular complexity index is 652. The zero-order valence-electron chi connectivity index (χ0n) is 13.6. The first-order chi connectivity index (χ1) is 11.7. The van der Waals surface area contributed by atoms with Gasteiger partial charge < -0.3 is 27.8 Å². The highest BCUT2D eigenvalue weighted by Crippen LogP contribution is 2.29. The molecule has 0 aliphatic carbocycles. The average Bonchev–Trinajstić information content (AvgIpc) is 2.53. The second-order valence-corrected chi connectivity index (χ2v) is 6.80. The number of carbonyl (C=O) groups is 1. The molecule has 0 aromatic heterocycles. The summed E-state index contributed by atoms with van der Waals surface area (Å²) in [4.78, 5) is 22.1. The van der Waals surface area contributed by atoms with Gasteiger partial charge in [-0.15, -0.1) is 12.4 Å². The molecule has 0 heterocycles. The smallest absolute Gasteiger partial charge is 0.266 e. The Morgan fingerprint density at radius 1 is 1.31 bits per heavy atom. The molecule has 1 amide bonds. The molecule has 0 bridgehead atoms. The number of hydrogen-bond donors (Lipinski definition) is 5. The number of guanidine groups is 1. The van der Waals surface area contributed by atoms with E-state index in [2.05, 4.69) is 47.6 Å². The Balaban J connectivity index is 0.00000625. The number of benzene rings is 1. The molecule has 0 unspecified atom stereocenters. The number of nitrogens with two attached hydrogens (primary N) is 3. The Morgan fingerprint density at radius 2 is 1.88 bits per heavy atom. The number of nitrogens with zero attached hydrogens (tertiary/aromatic N) is 2. The van der Waals surface area contributed by atoms with Gasteiger partial charge in [0.1, 0.15) is 5.10 Å². The highest BCUT2D eigenvalue weighted by atomic mass is 79.9. The molecule has 0 aliphatic rings. The van der Waals surface area contributed by atoms with Gasteiger partial charge in [-0.05, 0) is 62.4 Å². The maximum atomic E-state index is 12.0. The molecule has 0 radical (unpaired) electrons. The van der Waals surface area contributed by atoms with Crippen LogP contribution in [0.15, 0.2) is 26.2 Å². The van der Waals surface area contributed by atoms with Gasteiger partial charge in [0.15, 0.2) is 5.03 Å². The van der Waals surface area contributed by atoms with Crippen molar-refractivity contribution in [3.8, 4) is 0 Å². The van der Waals surface area contributed by atoms with Crippen LogP contribution in [0.25, 0.3) is 0 Å². The van der Waals surface area contributed by atoms with Crippen molar-refractivity contribution in [3.05, 3.63) is 36.8 Å². The van der Waals surface area contributed by atoms with Gasteiger partial charge in [-0.25, -0.2) is 10.1 Å². The fourth-order valence-electron chi connectivity index (χ4n) is 1.85. The molecule has 1 rings (SSSR count). The molecule has 0 aliphatic heterocycles. The maximum Gasteiger partial charge on any atom is 0.266 e. The first-order valence-electron chi connectivity index (χ1n) is 7.19. The minimum Gasteiger partial charge on any atom is -0.397 e. The van der Waals surface area contributed by atoms with Crippen molar-refractivity contribution in [1.29, 1.82) is 0 Å². The predicted molar refractivity (Wildman–Crippen MR) is 109 cm³/mol. The second-order valence-electron chi connectivity index (χ2n) is 5.09. The van der Waals surface area contributed by atoms with E-state index in [1.807, 2.05) is 12.1 Å². The summed E-state index contributed by atoms with van der Waals surface area (Å²) in [6.07, 6.45) is 0.890. The lowest BCUT2D eigenvalue weighted by Crippen LogP contribution is -2.41. The molecular formula is C13H20Br2ClN7O3. The Kier molecular flexibility index (Phi) is 11.1. The average molecular weight is 518 g/mol. The molecule has 0 fully saturated rings. The van der Waals surface area contributed by atoms with E-state index in [-0.39, 0.29) is 24.3 Å². The van der Waals surface area contributed by atoms with E-state index >= 15 is 0 Å². The van der Waals surface area contributed by atoms with Crippen LogP contribution in [0.2, 0.25) is 0 Å². The van der Waals surface area contributed by atoms with Crippen LogP contribution in [0.3, 0.4) is 0 Å². The first-order valence-corrected chi connectivity index (χ1v) is 8.78. The lowest BCUT2D eigenvalue weighted by molar-refractivity contribution is -0.485. The topological polar surface area (TPSA) is 175 Å². The number of nitro groups is 1. The summed E-state index contributed by atoms with van der Waals surface area (Å²) in [7, 11) is 0. The van der Waals surface area contributed by atoms with Gasteiger partial charge in [-0.1, -0.05) is 0 Å². The summed E-state index contributed by atoms with van der Waals surface area (Å²) < 4.78 is 1.46. The van der Waals surface area contributed by atoms with Crippen LogP contribution in [0.5, 0.6) is 0 Å². The summed E-state index contributed by atoms with van der Waals surface area (Å²) in [6.45, 7) is 0.632. The van der Waals surface area contributed by atoms with E-state index in [1.165, 1.54) is 0 Å². The van der Waals surface area contributed by atoms with Crippen LogP contribution in [0.4, 0.5) is 5.69 Å². The largest absolute Gasteiger partial charge is 0.397 e. The third-order valence-corrected chi connectivity index (χ3v) is 4.44. The number of carbonyl (C=O) groups excluding carboxylic acids is 1. The lowest BCUT2D eigenvalue weighted by atomic mass is 10.1. The summed E-state index contributed by atoms with van der Waals surface area (Å²) in [6, 6.07) is 2.93. The zero-order chi connectivity index (χ0) is 19.0. The van der Waals surface area contributed by atoms with Crippen LogP contribution in [-0.4, -0.2) is 29.5 Å². The lowest BCUT2D eigenvalue weighted by Gasteiger charge is -2.13. The SMILES string of the molecule is Cl.NC(=N[N+](=O)[O-])NCCC[C@@H](N)C(=O)NCc1cc(Br)c(N)c(Br)c1. The number of hydrogen-bond acceptors (Lipinski definition) is 5. The van der Waals surface area contributed by atoms with Gasteiger partial charge in [0.25, 0.3) is 5.96 Å². The Morgan fingerprint density at radius 3 is 2.42 bits per heavy atom. The summed E-state index contributed by atoms with van der Waals surface area (Å²) in [5, 5.41) is 17.4. The van der Waals surface area contributed by atoms with Crippen molar-refractivity contribution in [2.75, 3.05) is 12.3 Å². The van der Waals surface area contributed by atoms with Crippen LogP contribution < -0.4 is 27.8 Å². The monoisotopic (exact) mass is 515 g/mol. The number of hydrazone groups is 1. The third-order valence-electron chi connectivity index (χ3n) is 3.13. The van der Waals surface area contributed by atoms with E-state index < -0.39 is 11.1 Å². The first kappa shape index (κ1) is 24.4. The van der Waals surface area contributed by atoms with Gasteiger partial charge in [-0.3, -0.25) is 4.79 Å². The molecule has 0 saturated heterocycles. The van der Waals surface area contributed by atoms with Crippen LogP contribution in [-0.2, 0) is 11.3 Å². The molecule has 26 heavy (non-hydrogen) atoms. The van der Waals surface area contributed by atoms with Crippen molar-refractivity contribution in [2.24, 2.45) is 16.6 Å². The number of rotatable bonds is 8. The van der Waals surface area contributed by atoms with Gasteiger partial charge in [0.05, 0.1) is 11.7 Å². The number of amides is 1. The van der Waals surface area contributed by atoms with Crippen LogP contribution >= 0.6 is 44.3 Å². The number of nitrogens with one attached hydrogen (secondary N) is 2. The van der Waals surface area contributed by atoms with Gasteiger partial charge in [0, 0.05) is 22.0 Å². The second kappa shape index (κ2) is 11.9. The van der Waals surface area contributed by atoms with Gasteiger partial charge in [-0.2, -0.15) is 0 Å². The predicted octanol–water partition coefficient (Wildman–Crippen LogP) is 1.04. The van der Waals surface area contributed by atoms with E-state index in [1.54, 1.807) is 0 Å². The van der Waals surface area contributed by atoms with Crippen LogP contribution in [0, 0.1) is 10.1 Å². The maximum absolute atomic E-state index is 12.0. The van der Waals surface area contributed by atoms with E-state index in [4.69, 9.17) is 17.2 Å². The zero-order valence-corrected chi connectivity index (χ0v) is 17.6. The van der Waals surface area contributed by atoms with Crippen molar-refractivity contribution < 1.29 is 9.83 Å². The highest BCUT2D eigenvalue weighted by Gasteiger charge is 2.13. The molecule has 1 atom stereocenters. The Hall–Kier alpha value is -1.63. The summed E-state index contributed by atoms with van der Waals surface area (Å²) >= 11 is 6.68. The van der Waals surface area contributed by atoms with Crippen molar-refractivity contribution in [2.45, 2.75) is 25.4 Å². The standard InChI is InChI=1S/C13H19Br2N7O3.ClH/c14-8-4-7(5-9(15)11(8)17)6-20-12(23)10(16)2-1-3-19-13(18)21-22(24)25;/h4-5,10H,1-3,6,16-17H2,(H,20,23)(H3,18,19,21);1H/t10-;/m1./s1. The van der Waals surface area contributed by atoms with Crippen molar-refractivity contribution in [3.63, 3.8) is 0 Å². The van der Waals surface area contributed by atoms with E-state index in [0.29, 0.717) is 31.6 Å². The summed E-state index contributed by atoms with van der Waals surface area (Å²) in [5.41, 5.74) is 18.3. The number of anilines is 1. The molecule has 0 saturated carbocycles. The highest BCUT2D eigenvalue weighted by molar-refractivity contribution is 9.11. The molecule has 13 heteroatoms. The third kappa shape index (κ3) is 8.65. The quantitative estimate of drug-likeness (QED) is 0.0854. The fourth-order valence-corrected chi connectivity index (χ4v) is 3.13. The number of nitrogen functional groups attached to an aromatic ring is 1. The molecule has 146 valence electrons. The minimum absolute atomic E-state index is 0. The van der Waals surface area contributed by atoms with Crippen LogP contribution in [0.1, 0.15) is 18.4 Å². The van der Waals surface area contributed by atoms with Crippen molar-refractivity contribution in [1.82, 2.24) is 10.6 Å². The molecule has 1 aromatic rings. The molecule has 8 N–H and O–H groups in total. The normalized spacial score (nSPS) is 12.0. The molecule has 0 spiro atoms. The Labute approximate surface area is 173 Å². The summed E-state index contributed by atoms with van der Waals surface area (Å²) in [5.74, 6) is -0.585. The molecule has 10 nitrogen and oxygen atoms in total. The van der Waals surface area contributed by atoms with Crippen molar-refractivity contribution >= 4 is 61.8 Å². The number of halogens is 3. The van der Waals surface area contributed by atoms with Gasteiger partial charge >= 0.3 is 0 Å². The fraction of sp³-hybridized carbons (Fsp3) is 0.385. The van der Waals surface area contributed by atoms with Gasteiger partial charge in [0.2, 0.25) is 5.91 Å². The molecular weight excluding hydrogens is 497 g/mol. The van der Waals surface area contributed by atoms with E-state index in [0.717, 1.165) is 14.5 Å². The molecule has 1 aromatic carbocycles. The minimum atomic E-state index is -0.893.